The molecule has 4 heteroatoms. The third-order valence-corrected chi connectivity index (χ3v) is 2.87. The van der Waals surface area contributed by atoms with Crippen molar-refractivity contribution in [2.45, 2.75) is 6.42 Å². The van der Waals surface area contributed by atoms with Crippen molar-refractivity contribution in [1.82, 2.24) is 10.2 Å². The molecule has 1 saturated heterocycles. The first-order chi connectivity index (χ1) is 8.25. The third-order valence-electron chi connectivity index (χ3n) is 2.87. The van der Waals surface area contributed by atoms with Gasteiger partial charge in [0.1, 0.15) is 0 Å². The first-order valence-electron chi connectivity index (χ1n) is 5.83. The molecule has 17 heavy (non-hydrogen) atoms. The quantitative estimate of drug-likeness (QED) is 0.777. The molecular formula is C13H16N2O2. The van der Waals surface area contributed by atoms with Crippen LogP contribution in [-0.2, 0) is 4.79 Å². The molecular weight excluding hydrogens is 216 g/mol. The summed E-state index contributed by atoms with van der Waals surface area (Å²) in [4.78, 5) is 25.0. The monoisotopic (exact) mass is 232 g/mol. The molecule has 0 radical (unpaired) electrons. The fourth-order valence-electron chi connectivity index (χ4n) is 1.91. The maximum atomic E-state index is 11.8. The van der Waals surface area contributed by atoms with Crippen molar-refractivity contribution in [3.05, 3.63) is 35.9 Å². The van der Waals surface area contributed by atoms with Crippen LogP contribution in [0.4, 0.5) is 0 Å². The molecule has 1 N–H and O–H groups in total. The Labute approximate surface area is 101 Å². The van der Waals surface area contributed by atoms with Gasteiger partial charge in [-0.05, 0) is 0 Å². The molecule has 1 aliphatic heterocycles. The summed E-state index contributed by atoms with van der Waals surface area (Å²) >= 11 is 0. The molecule has 1 fully saturated rings. The van der Waals surface area contributed by atoms with E-state index in [9.17, 15) is 9.59 Å². The topological polar surface area (TPSA) is 49.4 Å². The molecule has 1 aromatic rings. The van der Waals surface area contributed by atoms with Crippen LogP contribution in [-0.4, -0.2) is 42.8 Å². The largest absolute Gasteiger partial charge is 0.354 e. The Morgan fingerprint density at radius 2 is 2.06 bits per heavy atom. The number of Topliss-reactive ketones (excluding diaryl/α,β-unsaturated/α-hetero) is 1. The van der Waals surface area contributed by atoms with E-state index in [2.05, 4.69) is 5.32 Å². The molecule has 0 unspecified atom stereocenters. The molecule has 0 spiro atoms. The SMILES string of the molecule is O=C1CN(CCC(=O)c2ccccc2)CCN1. The zero-order valence-electron chi connectivity index (χ0n) is 9.69. The van der Waals surface area contributed by atoms with E-state index in [4.69, 9.17) is 0 Å². The molecule has 2 rings (SSSR count). The van der Waals surface area contributed by atoms with Crippen molar-refractivity contribution in [1.29, 1.82) is 0 Å². The molecule has 0 atom stereocenters. The lowest BCUT2D eigenvalue weighted by Crippen LogP contribution is -2.48. The van der Waals surface area contributed by atoms with Crippen LogP contribution in [0.25, 0.3) is 0 Å². The van der Waals surface area contributed by atoms with Crippen molar-refractivity contribution in [2.75, 3.05) is 26.2 Å². The lowest BCUT2D eigenvalue weighted by Gasteiger charge is -2.25. The number of carbonyl (C=O) groups is 2. The Balaban J connectivity index is 1.82. The van der Waals surface area contributed by atoms with Crippen LogP contribution in [0.3, 0.4) is 0 Å². The number of rotatable bonds is 4. The number of carbonyl (C=O) groups excluding carboxylic acids is 2. The van der Waals surface area contributed by atoms with Crippen molar-refractivity contribution in [3.63, 3.8) is 0 Å². The average molecular weight is 232 g/mol. The fourth-order valence-corrected chi connectivity index (χ4v) is 1.91. The highest BCUT2D eigenvalue weighted by Gasteiger charge is 2.16. The van der Waals surface area contributed by atoms with Gasteiger partial charge in [0.05, 0.1) is 6.54 Å². The van der Waals surface area contributed by atoms with E-state index in [1.165, 1.54) is 0 Å². The number of piperazine rings is 1. The summed E-state index contributed by atoms with van der Waals surface area (Å²) in [6.45, 7) is 2.56. The van der Waals surface area contributed by atoms with Gasteiger partial charge in [0, 0.05) is 31.6 Å². The highest BCUT2D eigenvalue weighted by Crippen LogP contribution is 2.04. The molecule has 4 nitrogen and oxygen atoms in total. The summed E-state index contributed by atoms with van der Waals surface area (Å²) in [5.74, 6) is 0.181. The minimum atomic E-state index is 0.0448. The Morgan fingerprint density at radius 3 is 2.76 bits per heavy atom. The van der Waals surface area contributed by atoms with Gasteiger partial charge in [0.25, 0.3) is 0 Å². The zero-order valence-corrected chi connectivity index (χ0v) is 9.69. The van der Waals surface area contributed by atoms with E-state index in [0.717, 1.165) is 12.1 Å². The number of hydrogen-bond acceptors (Lipinski definition) is 3. The number of benzene rings is 1. The summed E-state index contributed by atoms with van der Waals surface area (Å²) in [7, 11) is 0. The first kappa shape index (κ1) is 11.8. The second-order valence-electron chi connectivity index (χ2n) is 4.17. The van der Waals surface area contributed by atoms with E-state index in [0.29, 0.717) is 26.1 Å². The van der Waals surface area contributed by atoms with Crippen molar-refractivity contribution in [2.24, 2.45) is 0 Å². The Bertz CT molecular complexity index is 403. The molecule has 1 heterocycles. The Hall–Kier alpha value is -1.68. The highest BCUT2D eigenvalue weighted by atomic mass is 16.2. The van der Waals surface area contributed by atoms with Gasteiger partial charge in [-0.1, -0.05) is 30.3 Å². The minimum Gasteiger partial charge on any atom is -0.354 e. The van der Waals surface area contributed by atoms with E-state index in [1.807, 2.05) is 35.2 Å². The second kappa shape index (κ2) is 5.59. The number of ketones is 1. The number of hydrogen-bond donors (Lipinski definition) is 1. The Morgan fingerprint density at radius 1 is 1.29 bits per heavy atom. The van der Waals surface area contributed by atoms with Crippen LogP contribution in [0.5, 0.6) is 0 Å². The van der Waals surface area contributed by atoms with Crippen molar-refractivity contribution in [3.8, 4) is 0 Å². The van der Waals surface area contributed by atoms with Crippen LogP contribution in [0, 0.1) is 0 Å². The van der Waals surface area contributed by atoms with Gasteiger partial charge in [0.2, 0.25) is 5.91 Å². The Kier molecular flexibility index (Phi) is 3.88. The van der Waals surface area contributed by atoms with Gasteiger partial charge in [-0.2, -0.15) is 0 Å². The van der Waals surface area contributed by atoms with Crippen LogP contribution < -0.4 is 5.32 Å². The molecule has 1 aliphatic rings. The first-order valence-corrected chi connectivity index (χ1v) is 5.83. The number of nitrogens with one attached hydrogen (secondary N) is 1. The third kappa shape index (κ3) is 3.39. The van der Waals surface area contributed by atoms with Crippen LogP contribution in [0.1, 0.15) is 16.8 Å². The predicted molar refractivity (Wildman–Crippen MR) is 64.8 cm³/mol. The van der Waals surface area contributed by atoms with Gasteiger partial charge < -0.3 is 5.32 Å². The molecule has 1 aromatic carbocycles. The van der Waals surface area contributed by atoms with Gasteiger partial charge in [-0.15, -0.1) is 0 Å². The van der Waals surface area contributed by atoms with E-state index >= 15 is 0 Å². The van der Waals surface area contributed by atoms with E-state index in [-0.39, 0.29) is 11.7 Å². The zero-order chi connectivity index (χ0) is 12.1. The summed E-state index contributed by atoms with van der Waals surface area (Å²) in [5.41, 5.74) is 0.744. The molecule has 0 bridgehead atoms. The summed E-state index contributed by atoms with van der Waals surface area (Å²) in [5, 5.41) is 2.77. The van der Waals surface area contributed by atoms with Crippen molar-refractivity contribution < 1.29 is 9.59 Å². The van der Waals surface area contributed by atoms with Crippen molar-refractivity contribution >= 4 is 11.7 Å². The van der Waals surface area contributed by atoms with Crippen LogP contribution in [0.2, 0.25) is 0 Å². The predicted octanol–water partition coefficient (Wildman–Crippen LogP) is 0.691. The lowest BCUT2D eigenvalue weighted by molar-refractivity contribution is -0.124. The summed E-state index contributed by atoms with van der Waals surface area (Å²) in [6.07, 6.45) is 0.470. The molecule has 0 aromatic heterocycles. The standard InChI is InChI=1S/C13H16N2O2/c16-12(11-4-2-1-3-5-11)6-8-15-9-7-14-13(17)10-15/h1-5H,6-10H2,(H,14,17). The van der Waals surface area contributed by atoms with Gasteiger partial charge >= 0.3 is 0 Å². The molecule has 0 saturated carbocycles. The molecule has 90 valence electrons. The minimum absolute atomic E-state index is 0.0448. The normalized spacial score (nSPS) is 16.6. The second-order valence-corrected chi connectivity index (χ2v) is 4.17. The molecule has 1 amide bonds. The lowest BCUT2D eigenvalue weighted by atomic mass is 10.1. The maximum Gasteiger partial charge on any atom is 0.234 e. The van der Waals surface area contributed by atoms with Gasteiger partial charge in [-0.3, -0.25) is 14.5 Å². The number of amides is 1. The maximum absolute atomic E-state index is 11.8. The smallest absolute Gasteiger partial charge is 0.234 e. The van der Waals surface area contributed by atoms with Crippen LogP contribution in [0.15, 0.2) is 30.3 Å². The molecule has 0 aliphatic carbocycles. The fraction of sp³-hybridized carbons (Fsp3) is 0.385. The summed E-state index contributed by atoms with van der Waals surface area (Å²) < 4.78 is 0. The van der Waals surface area contributed by atoms with Gasteiger partial charge in [0.15, 0.2) is 5.78 Å². The van der Waals surface area contributed by atoms with Gasteiger partial charge in [-0.25, -0.2) is 0 Å². The van der Waals surface area contributed by atoms with E-state index < -0.39 is 0 Å². The summed E-state index contributed by atoms with van der Waals surface area (Å²) in [6, 6.07) is 9.27. The number of nitrogens with zero attached hydrogens (tertiary/aromatic N) is 1. The average Bonchev–Trinajstić information content (AvgIpc) is 2.37. The van der Waals surface area contributed by atoms with E-state index in [1.54, 1.807) is 0 Å². The van der Waals surface area contributed by atoms with Crippen LogP contribution >= 0.6 is 0 Å². The highest BCUT2D eigenvalue weighted by molar-refractivity contribution is 5.96.